The van der Waals surface area contributed by atoms with Gasteiger partial charge in [0.1, 0.15) is 18.5 Å². The first-order valence-corrected chi connectivity index (χ1v) is 10.6. The molecule has 0 aromatic carbocycles. The molecule has 2 N–H and O–H groups in total. The van der Waals surface area contributed by atoms with Crippen LogP contribution in [0.4, 0.5) is 0 Å². The zero-order chi connectivity index (χ0) is 20.2. The highest BCUT2D eigenvalue weighted by Gasteiger charge is 2.68. The fraction of sp³-hybridized carbons (Fsp3) is 0.909. The minimum atomic E-state index is -0.660. The summed E-state index contributed by atoms with van der Waals surface area (Å²) in [4.78, 5) is 25.2. The minimum Gasteiger partial charge on any atom is -0.460 e. The van der Waals surface area contributed by atoms with E-state index in [1.165, 1.54) is 0 Å². The predicted molar refractivity (Wildman–Crippen MR) is 102 cm³/mol. The number of Topliss-reactive ketones (excluding diaryl/α,β-unsaturated/α-hetero) is 1. The lowest BCUT2D eigenvalue weighted by Gasteiger charge is -2.62. The van der Waals surface area contributed by atoms with Crippen molar-refractivity contribution in [2.45, 2.75) is 85.4 Å². The second-order valence-electron chi connectivity index (χ2n) is 10.0. The quantitative estimate of drug-likeness (QED) is 0.735. The topological polar surface area (TPSA) is 83.8 Å². The van der Waals surface area contributed by atoms with Crippen LogP contribution in [0.1, 0.15) is 73.1 Å². The largest absolute Gasteiger partial charge is 0.460 e. The molecule has 0 aromatic rings. The van der Waals surface area contributed by atoms with Gasteiger partial charge in [0.05, 0.1) is 6.10 Å². The van der Waals surface area contributed by atoms with Crippen LogP contribution in [0.2, 0.25) is 0 Å². The lowest BCUT2D eigenvalue weighted by molar-refractivity contribution is -0.213. The van der Waals surface area contributed by atoms with Crippen LogP contribution >= 0.6 is 0 Å². The normalized spacial score (nSPS) is 49.9. The second-order valence-corrected chi connectivity index (χ2v) is 10.0. The molecule has 3 rings (SSSR count). The van der Waals surface area contributed by atoms with Crippen molar-refractivity contribution in [1.29, 1.82) is 0 Å². The summed E-state index contributed by atoms with van der Waals surface area (Å²) in [6.45, 7) is 9.90. The van der Waals surface area contributed by atoms with E-state index < -0.39 is 35.6 Å². The fourth-order valence-electron chi connectivity index (χ4n) is 6.90. The van der Waals surface area contributed by atoms with E-state index in [4.69, 9.17) is 4.74 Å². The van der Waals surface area contributed by atoms with Crippen molar-refractivity contribution in [2.24, 2.45) is 34.0 Å². The van der Waals surface area contributed by atoms with Gasteiger partial charge < -0.3 is 14.9 Å². The molecule has 2 unspecified atom stereocenters. The van der Waals surface area contributed by atoms with Gasteiger partial charge in [-0.15, -0.1) is 0 Å². The summed E-state index contributed by atoms with van der Waals surface area (Å²) >= 11 is 0. The highest BCUT2D eigenvalue weighted by molar-refractivity contribution is 5.85. The van der Waals surface area contributed by atoms with Crippen molar-refractivity contribution >= 4 is 11.8 Å². The van der Waals surface area contributed by atoms with E-state index in [0.717, 1.165) is 25.7 Å². The Kier molecular flexibility index (Phi) is 5.26. The number of carbonyl (C=O) groups is 2. The van der Waals surface area contributed by atoms with Gasteiger partial charge in [-0.3, -0.25) is 4.79 Å². The molecule has 3 saturated carbocycles. The molecule has 0 spiro atoms. The molecule has 27 heavy (non-hydrogen) atoms. The average molecular weight is 381 g/mol. The van der Waals surface area contributed by atoms with E-state index in [1.54, 1.807) is 0 Å². The maximum atomic E-state index is 13.1. The number of ether oxygens (including phenoxy) is 1. The van der Waals surface area contributed by atoms with Gasteiger partial charge >= 0.3 is 5.97 Å². The Hall–Kier alpha value is -0.940. The van der Waals surface area contributed by atoms with Crippen LogP contribution < -0.4 is 0 Å². The van der Waals surface area contributed by atoms with E-state index in [1.807, 2.05) is 0 Å². The van der Waals surface area contributed by atoms with E-state index in [2.05, 4.69) is 34.6 Å². The minimum absolute atomic E-state index is 0.0280. The molecule has 0 heterocycles. The van der Waals surface area contributed by atoms with Gasteiger partial charge in [0.2, 0.25) is 0 Å². The molecule has 5 heteroatoms. The van der Waals surface area contributed by atoms with Crippen LogP contribution in [0.3, 0.4) is 0 Å². The van der Waals surface area contributed by atoms with Gasteiger partial charge in [-0.1, -0.05) is 34.6 Å². The maximum absolute atomic E-state index is 13.1. The highest BCUT2D eigenvalue weighted by Crippen LogP contribution is 2.68. The van der Waals surface area contributed by atoms with Gasteiger partial charge in [-0.2, -0.15) is 0 Å². The molecule has 3 aliphatic carbocycles. The average Bonchev–Trinajstić information content (AvgIpc) is 3.00. The van der Waals surface area contributed by atoms with E-state index in [9.17, 15) is 19.8 Å². The second kappa shape index (κ2) is 6.84. The molecule has 0 aliphatic heterocycles. The number of ketones is 1. The molecule has 0 amide bonds. The number of hydrogen-bond acceptors (Lipinski definition) is 5. The summed E-state index contributed by atoms with van der Waals surface area (Å²) < 4.78 is 5.82. The monoisotopic (exact) mass is 380 g/mol. The van der Waals surface area contributed by atoms with Crippen molar-refractivity contribution in [2.75, 3.05) is 6.61 Å². The summed E-state index contributed by atoms with van der Waals surface area (Å²) in [6, 6.07) is 0. The fourth-order valence-corrected chi connectivity index (χ4v) is 6.90. The van der Waals surface area contributed by atoms with Crippen LogP contribution in [0, 0.1) is 34.0 Å². The number of esters is 1. The van der Waals surface area contributed by atoms with Gasteiger partial charge in [-0.25, -0.2) is 4.79 Å². The highest BCUT2D eigenvalue weighted by atomic mass is 16.6. The van der Waals surface area contributed by atoms with E-state index in [-0.39, 0.29) is 29.0 Å². The lowest BCUT2D eigenvalue weighted by atomic mass is 9.43. The Morgan fingerprint density at radius 1 is 1.26 bits per heavy atom. The Balaban J connectivity index is 2.19. The van der Waals surface area contributed by atoms with Gasteiger partial charge in [0.15, 0.2) is 0 Å². The first kappa shape index (κ1) is 20.8. The third kappa shape index (κ3) is 2.79. The standard InChI is InChI=1S/C22H36O5/c1-6-20(4)11-16(27-17(25)12-23)21(5)13(2)7-9-22(14(3)19(20)26)10-8-15(24)18(21)22/h13-14,16,18-19,23,26H,6-12H2,1-5H3/t13-,14-,16-,18+,19+,20-,21?,22?/m1/s1. The molecular formula is C22H36O5. The van der Waals surface area contributed by atoms with Gasteiger partial charge in [-0.05, 0) is 54.8 Å². The van der Waals surface area contributed by atoms with Crippen LogP contribution in [-0.4, -0.2) is 40.8 Å². The maximum Gasteiger partial charge on any atom is 0.332 e. The summed E-state index contributed by atoms with van der Waals surface area (Å²) in [7, 11) is 0. The number of hydrogen-bond donors (Lipinski definition) is 2. The molecule has 0 radical (unpaired) electrons. The third-order valence-corrected chi connectivity index (χ3v) is 9.11. The van der Waals surface area contributed by atoms with Crippen molar-refractivity contribution < 1.29 is 24.5 Å². The predicted octanol–water partition coefficient (Wildman–Crippen LogP) is 3.11. The lowest BCUT2D eigenvalue weighted by Crippen LogP contribution is -2.63. The van der Waals surface area contributed by atoms with Crippen molar-refractivity contribution in [3.05, 3.63) is 0 Å². The van der Waals surface area contributed by atoms with Crippen LogP contribution in [0.25, 0.3) is 0 Å². The van der Waals surface area contributed by atoms with Crippen molar-refractivity contribution in [3.8, 4) is 0 Å². The molecule has 3 fully saturated rings. The molecular weight excluding hydrogens is 344 g/mol. The Bertz CT molecular complexity index is 618. The first-order chi connectivity index (χ1) is 12.6. The van der Waals surface area contributed by atoms with Crippen LogP contribution in [0.5, 0.6) is 0 Å². The summed E-state index contributed by atoms with van der Waals surface area (Å²) in [5.74, 6) is -0.320. The number of carbonyl (C=O) groups excluding carboxylic acids is 2. The molecule has 8 atom stereocenters. The van der Waals surface area contributed by atoms with E-state index >= 15 is 0 Å². The third-order valence-electron chi connectivity index (χ3n) is 9.11. The summed E-state index contributed by atoms with van der Waals surface area (Å²) in [5, 5.41) is 20.7. The molecule has 3 aliphatic rings. The molecule has 154 valence electrons. The molecule has 0 aromatic heterocycles. The smallest absolute Gasteiger partial charge is 0.332 e. The van der Waals surface area contributed by atoms with Crippen LogP contribution in [0.15, 0.2) is 0 Å². The SMILES string of the molecule is CC[C@]1(C)C[C@@H](OC(=O)CO)C2(C)[C@H](C)CCC3(CCC(=O)[C@H]32)[C@H](C)[C@@H]1O. The number of aliphatic hydroxyl groups excluding tert-OH is 2. The number of rotatable bonds is 3. The van der Waals surface area contributed by atoms with E-state index in [0.29, 0.717) is 12.8 Å². The number of aliphatic hydroxyl groups is 2. The van der Waals surface area contributed by atoms with Crippen molar-refractivity contribution in [3.63, 3.8) is 0 Å². The first-order valence-electron chi connectivity index (χ1n) is 10.6. The molecule has 0 saturated heterocycles. The van der Waals surface area contributed by atoms with Gasteiger partial charge in [0, 0.05) is 17.8 Å². The zero-order valence-electron chi connectivity index (χ0n) is 17.5. The van der Waals surface area contributed by atoms with Crippen LogP contribution in [-0.2, 0) is 14.3 Å². The summed E-state index contributed by atoms with van der Waals surface area (Å²) in [6.07, 6.45) is 3.53. The molecule has 5 nitrogen and oxygen atoms in total. The van der Waals surface area contributed by atoms with Crippen molar-refractivity contribution in [1.82, 2.24) is 0 Å². The Morgan fingerprint density at radius 3 is 2.52 bits per heavy atom. The van der Waals surface area contributed by atoms with Gasteiger partial charge in [0.25, 0.3) is 0 Å². The Labute approximate surface area is 162 Å². The zero-order valence-corrected chi connectivity index (χ0v) is 17.5. The molecule has 2 bridgehead atoms. The summed E-state index contributed by atoms with van der Waals surface area (Å²) in [5.41, 5.74) is -1.10. The Morgan fingerprint density at radius 2 is 1.93 bits per heavy atom.